The second-order valence-corrected chi connectivity index (χ2v) is 23.7. The fraction of sp³-hybridized carbons (Fsp3) is 0.0714. The maximum atomic E-state index is 2.72. The van der Waals surface area contributed by atoms with Crippen LogP contribution in [0.25, 0.3) is 66.8 Å². The molecular formula is C84H64BN3. The van der Waals surface area contributed by atoms with Crippen molar-refractivity contribution in [3.05, 3.63) is 327 Å². The van der Waals surface area contributed by atoms with Gasteiger partial charge in [0.2, 0.25) is 0 Å². The number of para-hydroxylation sites is 4. The van der Waals surface area contributed by atoms with Crippen LogP contribution in [0, 0.1) is 0 Å². The van der Waals surface area contributed by atoms with E-state index in [9.17, 15) is 0 Å². The second-order valence-electron chi connectivity index (χ2n) is 23.7. The minimum atomic E-state index is -0.158. The van der Waals surface area contributed by atoms with E-state index in [0.29, 0.717) is 5.92 Å². The highest BCUT2D eigenvalue weighted by molar-refractivity contribution is 7.00. The summed E-state index contributed by atoms with van der Waals surface area (Å²) >= 11 is 0. The first-order valence-corrected chi connectivity index (χ1v) is 31.3. The van der Waals surface area contributed by atoms with E-state index >= 15 is 0 Å². The molecule has 1 aliphatic carbocycles. The van der Waals surface area contributed by atoms with Gasteiger partial charge >= 0.3 is 0 Å². The number of hydrogen-bond donors (Lipinski definition) is 0. The van der Waals surface area contributed by atoms with Gasteiger partial charge in [0, 0.05) is 62.1 Å². The SMILES string of the molecule is c1ccc(-c2ccc3c(c2)N(c2c(-c4ccccc4)cccc2-c2ccccc2)c2cc(C4CCCCC4)cc4c2B3c2cc(-c3cccc(N(c5ccccc5)c5ccccc5)c3)ccc2N4c2c(-c3ccccc3)cccc2-c2ccccc2)cc1. The third-order valence-corrected chi connectivity index (χ3v) is 18.6. The van der Waals surface area contributed by atoms with Gasteiger partial charge in [-0.1, -0.05) is 280 Å². The lowest BCUT2D eigenvalue weighted by molar-refractivity contribution is 0.444. The maximum Gasteiger partial charge on any atom is 0.252 e. The van der Waals surface area contributed by atoms with Gasteiger partial charge in [-0.05, 0) is 146 Å². The molecule has 0 bridgehead atoms. The standard InChI is InChI=1S/C84H64BN3/c1-9-28-59(29-10-1)67-50-52-76-79(56-67)88(84-74(63-36-17-5-18-37-63)48-27-49-75(84)64-38-19-6-20-39-64)81-58-68(60-30-11-2-12-31-60)57-80-82(81)85(76)77-55-66(65-40-25-45-71(54-65)86(69-41-21-7-22-42-69)70-43-23-8-24-44-70)51-53-78(77)87(80)83-72(61-32-13-3-14-33-61)46-26-47-73(83)62-34-15-4-16-35-62/h1,3-10,13-29,32-58,60H,2,11-12,30-31H2. The van der Waals surface area contributed by atoms with Crippen molar-refractivity contribution in [1.82, 2.24) is 0 Å². The highest BCUT2D eigenvalue weighted by atomic mass is 15.2. The Morgan fingerprint density at radius 2 is 0.659 bits per heavy atom. The Morgan fingerprint density at radius 3 is 1.15 bits per heavy atom. The quantitative estimate of drug-likeness (QED) is 0.113. The highest BCUT2D eigenvalue weighted by Crippen LogP contribution is 2.54. The van der Waals surface area contributed by atoms with Gasteiger partial charge < -0.3 is 14.7 Å². The van der Waals surface area contributed by atoms with Crippen LogP contribution in [0.15, 0.2) is 322 Å². The molecule has 0 spiro atoms. The summed E-state index contributed by atoms with van der Waals surface area (Å²) in [5.41, 5.74) is 29.9. The van der Waals surface area contributed by atoms with E-state index in [-0.39, 0.29) is 6.71 Å². The summed E-state index contributed by atoms with van der Waals surface area (Å²) in [6.07, 6.45) is 6.04. The molecule has 2 heterocycles. The predicted octanol–water partition coefficient (Wildman–Crippen LogP) is 21.3. The Morgan fingerprint density at radius 1 is 0.273 bits per heavy atom. The topological polar surface area (TPSA) is 9.72 Å². The third kappa shape index (κ3) is 9.50. The first kappa shape index (κ1) is 52.8. The predicted molar refractivity (Wildman–Crippen MR) is 374 cm³/mol. The summed E-state index contributed by atoms with van der Waals surface area (Å²) < 4.78 is 0. The van der Waals surface area contributed by atoms with Crippen molar-refractivity contribution in [1.29, 1.82) is 0 Å². The number of anilines is 9. The lowest BCUT2D eigenvalue weighted by Gasteiger charge is -2.46. The van der Waals surface area contributed by atoms with Crippen LogP contribution in [0.4, 0.5) is 51.2 Å². The van der Waals surface area contributed by atoms with Gasteiger partial charge in [0.15, 0.2) is 0 Å². The fourth-order valence-corrected chi connectivity index (χ4v) is 14.6. The van der Waals surface area contributed by atoms with E-state index in [1.165, 1.54) is 131 Å². The zero-order chi connectivity index (χ0) is 58.3. The van der Waals surface area contributed by atoms with Gasteiger partial charge in [0.25, 0.3) is 6.71 Å². The molecule has 418 valence electrons. The Hall–Kier alpha value is -10.7. The molecular weight excluding hydrogens is 1060 g/mol. The summed E-state index contributed by atoms with van der Waals surface area (Å²) in [5.74, 6) is 0.396. The molecule has 13 aromatic carbocycles. The first-order chi connectivity index (χ1) is 43.7. The number of benzene rings is 13. The van der Waals surface area contributed by atoms with E-state index in [0.717, 1.165) is 41.0 Å². The van der Waals surface area contributed by atoms with Crippen LogP contribution in [0.3, 0.4) is 0 Å². The number of rotatable bonds is 12. The largest absolute Gasteiger partial charge is 0.310 e. The molecule has 0 saturated heterocycles. The fourth-order valence-electron chi connectivity index (χ4n) is 14.6. The summed E-state index contributed by atoms with van der Waals surface area (Å²) in [6, 6.07) is 120. The highest BCUT2D eigenvalue weighted by Gasteiger charge is 2.46. The lowest BCUT2D eigenvalue weighted by Crippen LogP contribution is -2.61. The molecule has 0 aromatic heterocycles. The minimum absolute atomic E-state index is 0.158. The summed E-state index contributed by atoms with van der Waals surface area (Å²) in [7, 11) is 0. The zero-order valence-corrected chi connectivity index (χ0v) is 49.1. The number of fused-ring (bicyclic) bond motifs is 4. The average Bonchev–Trinajstić information content (AvgIpc) is 0.732. The molecule has 1 saturated carbocycles. The molecule has 1 fully saturated rings. The molecule has 2 aliphatic heterocycles. The molecule has 88 heavy (non-hydrogen) atoms. The Bertz CT molecular complexity index is 4490. The van der Waals surface area contributed by atoms with Crippen LogP contribution in [-0.2, 0) is 0 Å². The summed E-state index contributed by atoms with van der Waals surface area (Å²) in [6.45, 7) is -0.158. The van der Waals surface area contributed by atoms with Gasteiger partial charge in [-0.2, -0.15) is 0 Å². The van der Waals surface area contributed by atoms with Crippen LogP contribution in [0.2, 0.25) is 0 Å². The van der Waals surface area contributed by atoms with Crippen LogP contribution < -0.4 is 31.1 Å². The molecule has 0 amide bonds. The molecule has 13 aromatic rings. The van der Waals surface area contributed by atoms with Crippen molar-refractivity contribution in [2.45, 2.75) is 38.0 Å². The molecule has 0 atom stereocenters. The Kier molecular flexibility index (Phi) is 13.8. The Balaban J connectivity index is 1.03. The number of hydrogen-bond acceptors (Lipinski definition) is 3. The second kappa shape index (κ2) is 23.0. The van der Waals surface area contributed by atoms with E-state index in [4.69, 9.17) is 0 Å². The smallest absolute Gasteiger partial charge is 0.252 e. The monoisotopic (exact) mass is 1130 g/mol. The molecule has 3 nitrogen and oxygen atoms in total. The minimum Gasteiger partial charge on any atom is -0.310 e. The molecule has 0 radical (unpaired) electrons. The van der Waals surface area contributed by atoms with Crippen LogP contribution >= 0.6 is 0 Å². The third-order valence-electron chi connectivity index (χ3n) is 18.6. The van der Waals surface area contributed by atoms with E-state index in [1.54, 1.807) is 0 Å². The van der Waals surface area contributed by atoms with E-state index < -0.39 is 0 Å². The molecule has 0 unspecified atom stereocenters. The summed E-state index contributed by atoms with van der Waals surface area (Å²) in [5, 5.41) is 0. The summed E-state index contributed by atoms with van der Waals surface area (Å²) in [4.78, 5) is 7.79. The molecule has 4 heteroatoms. The van der Waals surface area contributed by atoms with Gasteiger partial charge in [-0.3, -0.25) is 0 Å². The van der Waals surface area contributed by atoms with Crippen molar-refractivity contribution in [2.24, 2.45) is 0 Å². The number of nitrogens with zero attached hydrogens (tertiary/aromatic N) is 3. The Labute approximate surface area is 517 Å². The van der Waals surface area contributed by atoms with Crippen molar-refractivity contribution in [2.75, 3.05) is 14.7 Å². The van der Waals surface area contributed by atoms with Gasteiger partial charge in [0.05, 0.1) is 11.4 Å². The normalized spacial score (nSPS) is 13.3. The average molecular weight is 1130 g/mol. The van der Waals surface area contributed by atoms with Crippen LogP contribution in [0.5, 0.6) is 0 Å². The lowest BCUT2D eigenvalue weighted by atomic mass is 9.33. The van der Waals surface area contributed by atoms with Gasteiger partial charge in [-0.15, -0.1) is 0 Å². The van der Waals surface area contributed by atoms with E-state index in [2.05, 4.69) is 336 Å². The zero-order valence-electron chi connectivity index (χ0n) is 49.1. The van der Waals surface area contributed by atoms with Gasteiger partial charge in [-0.25, -0.2) is 0 Å². The van der Waals surface area contributed by atoms with Crippen LogP contribution in [-0.4, -0.2) is 6.71 Å². The van der Waals surface area contributed by atoms with Crippen LogP contribution in [0.1, 0.15) is 43.6 Å². The van der Waals surface area contributed by atoms with Gasteiger partial charge in [0.1, 0.15) is 0 Å². The van der Waals surface area contributed by atoms with Crippen molar-refractivity contribution in [3.8, 4) is 66.8 Å². The van der Waals surface area contributed by atoms with Crippen molar-refractivity contribution in [3.63, 3.8) is 0 Å². The van der Waals surface area contributed by atoms with Crippen molar-refractivity contribution < 1.29 is 0 Å². The van der Waals surface area contributed by atoms with Crippen molar-refractivity contribution >= 4 is 74.3 Å². The molecule has 16 rings (SSSR count). The first-order valence-electron chi connectivity index (χ1n) is 31.3. The molecule has 0 N–H and O–H groups in total. The van der Waals surface area contributed by atoms with E-state index in [1.807, 2.05) is 0 Å². The maximum absolute atomic E-state index is 2.72. The molecule has 3 aliphatic rings.